The molecule has 0 saturated carbocycles. The molecule has 3 aromatic heterocycles. The van der Waals surface area contributed by atoms with Gasteiger partial charge in [-0.1, -0.05) is 0 Å². The molecule has 0 aliphatic heterocycles. The lowest BCUT2D eigenvalue weighted by atomic mass is 10.1. The molecule has 0 bridgehead atoms. The van der Waals surface area contributed by atoms with Gasteiger partial charge in [0, 0.05) is 19.7 Å². The van der Waals surface area contributed by atoms with E-state index in [1.54, 1.807) is 31.0 Å². The quantitative estimate of drug-likeness (QED) is 0.748. The first-order valence-corrected chi connectivity index (χ1v) is 7.19. The second kappa shape index (κ2) is 5.76. The maximum atomic E-state index is 13.6. The topological polar surface area (TPSA) is 99.5 Å². The van der Waals surface area contributed by atoms with Crippen LogP contribution in [0.3, 0.4) is 0 Å². The average Bonchev–Trinajstić information content (AvgIpc) is 3.10. The molecule has 3 aromatic rings. The molecular weight excluding hydrogens is 337 g/mol. The number of nitrogen functional groups attached to an aromatic ring is 1. The maximum Gasteiger partial charge on any atom is 0.422 e. The lowest BCUT2D eigenvalue weighted by molar-refractivity contribution is -0.136. The number of nitrogens with one attached hydrogen (secondary N) is 1. The zero-order valence-electron chi connectivity index (χ0n) is 13.6. The molecular formula is C14H15F3N8. The van der Waals surface area contributed by atoms with Crippen molar-refractivity contribution in [1.82, 2.24) is 29.5 Å². The van der Waals surface area contributed by atoms with Crippen LogP contribution in [0, 0.1) is 6.92 Å². The van der Waals surface area contributed by atoms with Gasteiger partial charge in [0.15, 0.2) is 0 Å². The van der Waals surface area contributed by atoms with Crippen LogP contribution in [0.1, 0.15) is 11.3 Å². The number of aryl methyl sites for hydroxylation is 1. The van der Waals surface area contributed by atoms with E-state index in [0.29, 0.717) is 11.4 Å². The summed E-state index contributed by atoms with van der Waals surface area (Å²) >= 11 is 0. The van der Waals surface area contributed by atoms with Crippen LogP contribution in [0.4, 0.5) is 24.9 Å². The summed E-state index contributed by atoms with van der Waals surface area (Å²) < 4.78 is 43.8. The first kappa shape index (κ1) is 16.7. The molecule has 0 saturated heterocycles. The van der Waals surface area contributed by atoms with Crippen LogP contribution in [0.25, 0.3) is 16.9 Å². The summed E-state index contributed by atoms with van der Waals surface area (Å²) in [5.74, 6) is -0.649. The van der Waals surface area contributed by atoms with E-state index in [-0.39, 0.29) is 23.0 Å². The minimum absolute atomic E-state index is 0.210. The minimum atomic E-state index is -4.66. The third-order valence-corrected chi connectivity index (χ3v) is 3.65. The normalized spacial score (nSPS) is 11.8. The fourth-order valence-electron chi connectivity index (χ4n) is 2.54. The van der Waals surface area contributed by atoms with Crippen LogP contribution in [0.2, 0.25) is 0 Å². The fraction of sp³-hybridized carbons (Fsp3) is 0.286. The van der Waals surface area contributed by atoms with Crippen molar-refractivity contribution in [2.24, 2.45) is 7.05 Å². The van der Waals surface area contributed by atoms with Crippen molar-refractivity contribution >= 4 is 11.8 Å². The van der Waals surface area contributed by atoms with Gasteiger partial charge in [-0.25, -0.2) is 9.67 Å². The highest BCUT2D eigenvalue weighted by Gasteiger charge is 2.39. The van der Waals surface area contributed by atoms with Crippen molar-refractivity contribution in [1.29, 1.82) is 0 Å². The lowest BCUT2D eigenvalue weighted by Crippen LogP contribution is -2.15. The number of rotatable bonds is 3. The van der Waals surface area contributed by atoms with Gasteiger partial charge >= 0.3 is 6.18 Å². The van der Waals surface area contributed by atoms with Gasteiger partial charge in [-0.05, 0) is 6.92 Å². The molecule has 3 rings (SSSR count). The SMILES string of the molecule is CNc1nc(N)nc(-c2cnn(-c3cnn(C)c3)c2C)c1C(F)(F)F. The van der Waals surface area contributed by atoms with Crippen LogP contribution in [-0.4, -0.2) is 36.6 Å². The molecule has 3 heterocycles. The van der Waals surface area contributed by atoms with Gasteiger partial charge in [0.25, 0.3) is 0 Å². The lowest BCUT2D eigenvalue weighted by Gasteiger charge is -2.16. The molecule has 0 aliphatic carbocycles. The number of hydrogen-bond acceptors (Lipinski definition) is 6. The summed E-state index contributed by atoms with van der Waals surface area (Å²) in [6.45, 7) is 1.65. The Morgan fingerprint density at radius 1 is 1.16 bits per heavy atom. The summed E-state index contributed by atoms with van der Waals surface area (Å²) in [5, 5.41) is 10.6. The van der Waals surface area contributed by atoms with Crippen LogP contribution in [0.5, 0.6) is 0 Å². The highest BCUT2D eigenvalue weighted by Crippen LogP contribution is 2.41. The summed E-state index contributed by atoms with van der Waals surface area (Å²) in [4.78, 5) is 7.46. The average molecular weight is 352 g/mol. The number of nitrogens with zero attached hydrogens (tertiary/aromatic N) is 6. The highest BCUT2D eigenvalue weighted by molar-refractivity contribution is 5.72. The van der Waals surface area contributed by atoms with Gasteiger partial charge in [-0.2, -0.15) is 28.4 Å². The number of anilines is 2. The van der Waals surface area contributed by atoms with Crippen LogP contribution in [-0.2, 0) is 13.2 Å². The van der Waals surface area contributed by atoms with Crippen molar-refractivity contribution in [3.8, 4) is 16.9 Å². The Morgan fingerprint density at radius 2 is 1.88 bits per heavy atom. The molecule has 8 nitrogen and oxygen atoms in total. The molecule has 0 amide bonds. The van der Waals surface area contributed by atoms with Crippen LogP contribution >= 0.6 is 0 Å². The van der Waals surface area contributed by atoms with Gasteiger partial charge in [-0.3, -0.25) is 4.68 Å². The molecule has 0 radical (unpaired) electrons. The minimum Gasteiger partial charge on any atom is -0.372 e. The first-order chi connectivity index (χ1) is 11.7. The number of aromatic nitrogens is 6. The number of hydrogen-bond donors (Lipinski definition) is 2. The number of nitrogens with two attached hydrogens (primary N) is 1. The molecule has 0 atom stereocenters. The smallest absolute Gasteiger partial charge is 0.372 e. The monoisotopic (exact) mass is 352 g/mol. The second-order valence-electron chi connectivity index (χ2n) is 5.33. The zero-order valence-corrected chi connectivity index (χ0v) is 13.6. The Balaban J connectivity index is 2.24. The summed E-state index contributed by atoms with van der Waals surface area (Å²) in [6, 6.07) is 0. The van der Waals surface area contributed by atoms with E-state index < -0.39 is 11.7 Å². The van der Waals surface area contributed by atoms with Gasteiger partial charge in [0.1, 0.15) is 17.1 Å². The van der Waals surface area contributed by atoms with Gasteiger partial charge in [0.2, 0.25) is 5.95 Å². The Labute approximate surface area is 140 Å². The molecule has 3 N–H and O–H groups in total. The molecule has 0 aromatic carbocycles. The Hall–Kier alpha value is -3.11. The fourth-order valence-corrected chi connectivity index (χ4v) is 2.54. The van der Waals surface area contributed by atoms with Crippen molar-refractivity contribution in [3.63, 3.8) is 0 Å². The first-order valence-electron chi connectivity index (χ1n) is 7.19. The summed E-state index contributed by atoms with van der Waals surface area (Å²) in [7, 11) is 3.07. The molecule has 0 aliphatic rings. The third kappa shape index (κ3) is 2.88. The molecule has 11 heteroatoms. The number of alkyl halides is 3. The molecule has 25 heavy (non-hydrogen) atoms. The second-order valence-corrected chi connectivity index (χ2v) is 5.33. The van der Waals surface area contributed by atoms with E-state index in [1.807, 2.05) is 0 Å². The predicted octanol–water partition coefficient (Wildman–Crippen LogP) is 2.01. The maximum absolute atomic E-state index is 13.6. The molecule has 132 valence electrons. The Morgan fingerprint density at radius 3 is 2.44 bits per heavy atom. The van der Waals surface area contributed by atoms with Crippen LogP contribution in [0.15, 0.2) is 18.6 Å². The van der Waals surface area contributed by atoms with E-state index in [4.69, 9.17) is 5.73 Å². The Kier molecular flexibility index (Phi) is 3.85. The van der Waals surface area contributed by atoms with Crippen molar-refractivity contribution in [2.45, 2.75) is 13.1 Å². The van der Waals surface area contributed by atoms with Crippen molar-refractivity contribution in [3.05, 3.63) is 29.8 Å². The van der Waals surface area contributed by atoms with Gasteiger partial charge in [-0.15, -0.1) is 0 Å². The van der Waals surface area contributed by atoms with Crippen molar-refractivity contribution in [2.75, 3.05) is 18.1 Å². The third-order valence-electron chi connectivity index (χ3n) is 3.65. The van der Waals surface area contributed by atoms with Crippen LogP contribution < -0.4 is 11.1 Å². The predicted molar refractivity (Wildman–Crippen MR) is 85.1 cm³/mol. The Bertz CT molecular complexity index is 925. The number of halogens is 3. The summed E-state index contributed by atoms with van der Waals surface area (Å²) in [5.41, 5.74) is 5.58. The highest BCUT2D eigenvalue weighted by atomic mass is 19.4. The molecule has 0 unspecified atom stereocenters. The van der Waals surface area contributed by atoms with Gasteiger partial charge in [0.05, 0.1) is 30.0 Å². The van der Waals surface area contributed by atoms with Crippen molar-refractivity contribution < 1.29 is 13.2 Å². The van der Waals surface area contributed by atoms with E-state index in [2.05, 4.69) is 25.5 Å². The summed E-state index contributed by atoms with van der Waals surface area (Å²) in [6.07, 6.45) is -0.0906. The molecule has 0 spiro atoms. The standard InChI is InChI=1S/C14H15F3N8/c1-7-9(5-21-25(7)8-4-20-24(3)6-8)11-10(14(15,16)17)12(19-2)23-13(18)22-11/h4-6H,1-3H3,(H3,18,19,22,23). The van der Waals surface area contributed by atoms with E-state index in [1.165, 1.54) is 17.9 Å². The van der Waals surface area contributed by atoms with E-state index >= 15 is 0 Å². The van der Waals surface area contributed by atoms with E-state index in [9.17, 15) is 13.2 Å². The largest absolute Gasteiger partial charge is 0.422 e. The molecule has 0 fully saturated rings. The zero-order chi connectivity index (χ0) is 18.4. The van der Waals surface area contributed by atoms with E-state index in [0.717, 1.165) is 0 Å². The van der Waals surface area contributed by atoms with Gasteiger partial charge < -0.3 is 11.1 Å².